The van der Waals surface area contributed by atoms with E-state index in [0.717, 1.165) is 30.4 Å². The molecule has 0 unspecified atom stereocenters. The Morgan fingerprint density at radius 1 is 1.39 bits per heavy atom. The average molecular weight is 312 g/mol. The fourth-order valence-corrected chi connectivity index (χ4v) is 2.53. The molecule has 3 nitrogen and oxygen atoms in total. The van der Waals surface area contributed by atoms with Crippen LogP contribution in [-0.2, 0) is 16.1 Å². The van der Waals surface area contributed by atoms with Crippen molar-refractivity contribution in [3.63, 3.8) is 0 Å². The lowest BCUT2D eigenvalue weighted by atomic mass is 10.1. The summed E-state index contributed by atoms with van der Waals surface area (Å²) in [7, 11) is 3.52. The number of benzene rings is 1. The SMILES string of the molecule is COC(=O)C1(CN(C)Cc2ccc(Br)cc2)CC1. The Hall–Kier alpha value is -0.870. The van der Waals surface area contributed by atoms with Crippen LogP contribution in [0.3, 0.4) is 0 Å². The van der Waals surface area contributed by atoms with E-state index in [9.17, 15) is 4.79 Å². The molecule has 1 saturated carbocycles. The number of hydrogen-bond donors (Lipinski definition) is 0. The van der Waals surface area contributed by atoms with Crippen LogP contribution in [0.1, 0.15) is 18.4 Å². The van der Waals surface area contributed by atoms with E-state index in [2.05, 4.69) is 33.0 Å². The molecule has 0 amide bonds. The molecule has 0 radical (unpaired) electrons. The Bertz CT molecular complexity index is 426. The number of esters is 1. The fourth-order valence-electron chi connectivity index (χ4n) is 2.27. The van der Waals surface area contributed by atoms with E-state index in [1.807, 2.05) is 19.2 Å². The second-order valence-electron chi connectivity index (χ2n) is 5.07. The molecule has 1 aromatic rings. The third-order valence-corrected chi connectivity index (χ3v) is 3.94. The number of halogens is 1. The molecule has 0 heterocycles. The van der Waals surface area contributed by atoms with Gasteiger partial charge in [0.05, 0.1) is 12.5 Å². The summed E-state index contributed by atoms with van der Waals surface area (Å²) in [6, 6.07) is 8.27. The predicted octanol–water partition coefficient (Wildman–Crippen LogP) is 2.83. The number of hydrogen-bond acceptors (Lipinski definition) is 3. The molecule has 0 bridgehead atoms. The molecule has 4 heteroatoms. The van der Waals surface area contributed by atoms with Crippen molar-refractivity contribution in [1.82, 2.24) is 4.90 Å². The van der Waals surface area contributed by atoms with E-state index in [-0.39, 0.29) is 11.4 Å². The van der Waals surface area contributed by atoms with Crippen LogP contribution in [-0.4, -0.2) is 31.6 Å². The van der Waals surface area contributed by atoms with Gasteiger partial charge in [0.25, 0.3) is 0 Å². The minimum absolute atomic E-state index is 0.0647. The Morgan fingerprint density at radius 3 is 2.50 bits per heavy atom. The first-order chi connectivity index (χ1) is 8.55. The van der Waals surface area contributed by atoms with Crippen LogP contribution >= 0.6 is 15.9 Å². The minimum Gasteiger partial charge on any atom is -0.469 e. The van der Waals surface area contributed by atoms with E-state index < -0.39 is 0 Å². The van der Waals surface area contributed by atoms with Crippen molar-refractivity contribution in [1.29, 1.82) is 0 Å². The zero-order chi connectivity index (χ0) is 13.2. The van der Waals surface area contributed by atoms with Crippen molar-refractivity contribution in [2.75, 3.05) is 20.7 Å². The van der Waals surface area contributed by atoms with Crippen LogP contribution in [0.25, 0.3) is 0 Å². The molecule has 2 rings (SSSR count). The molecule has 1 aromatic carbocycles. The molecule has 0 aliphatic heterocycles. The highest BCUT2D eigenvalue weighted by Gasteiger charge is 2.51. The number of carbonyl (C=O) groups excluding carboxylic acids is 1. The first kappa shape index (κ1) is 13.6. The summed E-state index contributed by atoms with van der Waals surface area (Å²) in [5.74, 6) is -0.0647. The molecule has 98 valence electrons. The number of rotatable bonds is 5. The van der Waals surface area contributed by atoms with Crippen LogP contribution < -0.4 is 0 Å². The van der Waals surface area contributed by atoms with Crippen LogP contribution in [0.15, 0.2) is 28.7 Å². The van der Waals surface area contributed by atoms with Crippen LogP contribution in [0.2, 0.25) is 0 Å². The summed E-state index contributed by atoms with van der Waals surface area (Å²) >= 11 is 3.42. The van der Waals surface area contributed by atoms with Gasteiger partial charge in [-0.05, 0) is 37.6 Å². The highest BCUT2D eigenvalue weighted by atomic mass is 79.9. The van der Waals surface area contributed by atoms with Gasteiger partial charge < -0.3 is 9.64 Å². The van der Waals surface area contributed by atoms with Gasteiger partial charge in [0.1, 0.15) is 0 Å². The van der Waals surface area contributed by atoms with Gasteiger partial charge in [0, 0.05) is 17.6 Å². The summed E-state index contributed by atoms with van der Waals surface area (Å²) in [4.78, 5) is 13.9. The van der Waals surface area contributed by atoms with Crippen LogP contribution in [0, 0.1) is 5.41 Å². The lowest BCUT2D eigenvalue weighted by Crippen LogP contribution is -2.32. The van der Waals surface area contributed by atoms with E-state index >= 15 is 0 Å². The second-order valence-corrected chi connectivity index (χ2v) is 5.99. The number of ether oxygens (including phenoxy) is 1. The van der Waals surface area contributed by atoms with Crippen molar-refractivity contribution in [2.24, 2.45) is 5.41 Å². The van der Waals surface area contributed by atoms with E-state index in [4.69, 9.17) is 4.74 Å². The van der Waals surface area contributed by atoms with Gasteiger partial charge in [-0.3, -0.25) is 4.79 Å². The third-order valence-electron chi connectivity index (χ3n) is 3.41. The highest BCUT2D eigenvalue weighted by Crippen LogP contribution is 2.47. The average Bonchev–Trinajstić information content (AvgIpc) is 3.12. The standard InChI is InChI=1S/C14H18BrNO2/c1-16(9-11-3-5-12(15)6-4-11)10-14(7-8-14)13(17)18-2/h3-6H,7-10H2,1-2H3. The normalized spacial score (nSPS) is 16.7. The molecule has 0 spiro atoms. The van der Waals surface area contributed by atoms with Crippen molar-refractivity contribution in [3.8, 4) is 0 Å². The Labute approximate surface area is 116 Å². The molecular formula is C14H18BrNO2. The number of carbonyl (C=O) groups is 1. The molecular weight excluding hydrogens is 294 g/mol. The zero-order valence-electron chi connectivity index (χ0n) is 10.8. The van der Waals surface area contributed by atoms with E-state index in [1.165, 1.54) is 12.7 Å². The lowest BCUT2D eigenvalue weighted by Gasteiger charge is -2.22. The lowest BCUT2D eigenvalue weighted by molar-refractivity contribution is -0.147. The summed E-state index contributed by atoms with van der Waals surface area (Å²) < 4.78 is 5.96. The van der Waals surface area contributed by atoms with Crippen LogP contribution in [0.5, 0.6) is 0 Å². The molecule has 1 aliphatic carbocycles. The molecule has 0 N–H and O–H groups in total. The largest absolute Gasteiger partial charge is 0.469 e. The Morgan fingerprint density at radius 2 is 2.00 bits per heavy atom. The summed E-state index contributed by atoms with van der Waals surface area (Å²) in [5, 5.41) is 0. The highest BCUT2D eigenvalue weighted by molar-refractivity contribution is 9.10. The molecule has 18 heavy (non-hydrogen) atoms. The van der Waals surface area contributed by atoms with E-state index in [1.54, 1.807) is 0 Å². The molecule has 1 fully saturated rings. The molecule has 0 aromatic heterocycles. The van der Waals surface area contributed by atoms with Gasteiger partial charge in [-0.25, -0.2) is 0 Å². The summed E-state index contributed by atoms with van der Waals surface area (Å²) in [6.07, 6.45) is 1.90. The van der Waals surface area contributed by atoms with Gasteiger partial charge in [0.15, 0.2) is 0 Å². The third kappa shape index (κ3) is 3.12. The summed E-state index contributed by atoms with van der Waals surface area (Å²) in [6.45, 7) is 1.63. The molecule has 0 saturated heterocycles. The van der Waals surface area contributed by atoms with E-state index in [0.29, 0.717) is 0 Å². The predicted molar refractivity (Wildman–Crippen MR) is 74.2 cm³/mol. The van der Waals surface area contributed by atoms with Crippen LogP contribution in [0.4, 0.5) is 0 Å². The Kier molecular flexibility index (Phi) is 4.07. The smallest absolute Gasteiger partial charge is 0.313 e. The van der Waals surface area contributed by atoms with Gasteiger partial charge in [-0.1, -0.05) is 28.1 Å². The van der Waals surface area contributed by atoms with Crippen molar-refractivity contribution in [2.45, 2.75) is 19.4 Å². The van der Waals surface area contributed by atoms with Crippen molar-refractivity contribution < 1.29 is 9.53 Å². The van der Waals surface area contributed by atoms with Gasteiger partial charge >= 0.3 is 5.97 Å². The zero-order valence-corrected chi connectivity index (χ0v) is 12.4. The first-order valence-corrected chi connectivity index (χ1v) is 6.86. The van der Waals surface area contributed by atoms with Gasteiger partial charge in [-0.2, -0.15) is 0 Å². The number of methoxy groups -OCH3 is 1. The second kappa shape index (κ2) is 5.41. The monoisotopic (exact) mass is 311 g/mol. The maximum absolute atomic E-state index is 11.7. The quantitative estimate of drug-likeness (QED) is 0.783. The maximum atomic E-state index is 11.7. The number of nitrogens with zero attached hydrogens (tertiary/aromatic N) is 1. The summed E-state index contributed by atoms with van der Waals surface area (Å²) in [5.41, 5.74) is 1.01. The molecule has 1 aliphatic rings. The van der Waals surface area contributed by atoms with Crippen molar-refractivity contribution in [3.05, 3.63) is 34.3 Å². The molecule has 0 atom stereocenters. The maximum Gasteiger partial charge on any atom is 0.313 e. The van der Waals surface area contributed by atoms with Crippen molar-refractivity contribution >= 4 is 21.9 Å². The first-order valence-electron chi connectivity index (χ1n) is 6.07. The topological polar surface area (TPSA) is 29.5 Å². The van der Waals surface area contributed by atoms with Gasteiger partial charge in [0.2, 0.25) is 0 Å². The minimum atomic E-state index is -0.237. The fraction of sp³-hybridized carbons (Fsp3) is 0.500. The Balaban J connectivity index is 1.91. The van der Waals surface area contributed by atoms with Gasteiger partial charge in [-0.15, -0.1) is 0 Å².